The number of aliphatic hydroxyl groups excluding tert-OH is 1. The van der Waals surface area contributed by atoms with Crippen molar-refractivity contribution >= 4 is 16.5 Å². The number of fused-ring (bicyclic) bond motifs is 1. The molecule has 1 atom stereocenters. The molecule has 172 valence electrons. The summed E-state index contributed by atoms with van der Waals surface area (Å²) in [7, 11) is 0. The molecule has 1 N–H and O–H groups in total. The first kappa shape index (κ1) is 24.1. The zero-order valence-electron chi connectivity index (χ0n) is 19.8. The number of rotatable bonds is 14. The van der Waals surface area contributed by atoms with Gasteiger partial charge in [-0.1, -0.05) is 108 Å². The third-order valence-corrected chi connectivity index (χ3v) is 6.84. The summed E-state index contributed by atoms with van der Waals surface area (Å²) in [6, 6.07) is 15.3. The highest BCUT2D eigenvalue weighted by molar-refractivity contribution is 5.94. The highest BCUT2D eigenvalue weighted by Gasteiger charge is 2.20. The lowest BCUT2D eigenvalue weighted by Crippen LogP contribution is -2.48. The van der Waals surface area contributed by atoms with Crippen molar-refractivity contribution in [2.24, 2.45) is 0 Å². The minimum Gasteiger partial charge on any atom is -0.392 e. The van der Waals surface area contributed by atoms with Crippen LogP contribution in [0.25, 0.3) is 10.8 Å². The minimum atomic E-state index is -0.168. The Morgan fingerprint density at radius 3 is 2.06 bits per heavy atom. The molecule has 3 heteroatoms. The quantitative estimate of drug-likeness (QED) is 0.345. The van der Waals surface area contributed by atoms with Gasteiger partial charge in [0, 0.05) is 43.8 Å². The predicted molar refractivity (Wildman–Crippen MR) is 135 cm³/mol. The van der Waals surface area contributed by atoms with E-state index in [0.717, 1.165) is 39.1 Å². The summed E-state index contributed by atoms with van der Waals surface area (Å²) in [5.41, 5.74) is 1.35. The van der Waals surface area contributed by atoms with Crippen LogP contribution in [0.2, 0.25) is 0 Å². The largest absolute Gasteiger partial charge is 0.392 e. The number of aliphatic hydroxyl groups is 1. The molecule has 0 aliphatic carbocycles. The second-order valence-corrected chi connectivity index (χ2v) is 9.41. The highest BCUT2D eigenvalue weighted by atomic mass is 16.3. The molecule has 0 bridgehead atoms. The lowest BCUT2D eigenvalue weighted by molar-refractivity contribution is 0.0997. The molecule has 1 heterocycles. The van der Waals surface area contributed by atoms with E-state index < -0.39 is 0 Å². The Kier molecular flexibility index (Phi) is 10.7. The second kappa shape index (κ2) is 13.8. The number of hydrogen-bond acceptors (Lipinski definition) is 3. The summed E-state index contributed by atoms with van der Waals surface area (Å²) < 4.78 is 0. The molecular formula is C28H44N2O. The van der Waals surface area contributed by atoms with Crippen molar-refractivity contribution in [1.82, 2.24) is 4.90 Å². The van der Waals surface area contributed by atoms with Crippen molar-refractivity contribution in [2.75, 3.05) is 37.6 Å². The lowest BCUT2D eigenvalue weighted by Gasteiger charge is -2.37. The fourth-order valence-corrected chi connectivity index (χ4v) is 4.91. The van der Waals surface area contributed by atoms with E-state index in [1.807, 2.05) is 0 Å². The van der Waals surface area contributed by atoms with Crippen LogP contribution < -0.4 is 4.90 Å². The maximum absolute atomic E-state index is 10.5. The van der Waals surface area contributed by atoms with E-state index in [2.05, 4.69) is 59.2 Å². The number of unbranched alkanes of at least 4 members (excludes halogenated alkanes) is 9. The number of β-amino-alcohol motifs (C(OH)–C–C–N with tert-alkyl or cyclic N) is 1. The van der Waals surface area contributed by atoms with Crippen molar-refractivity contribution in [3.63, 3.8) is 0 Å². The van der Waals surface area contributed by atoms with E-state index >= 15 is 0 Å². The summed E-state index contributed by atoms with van der Waals surface area (Å²) in [6.45, 7) is 7.27. The van der Waals surface area contributed by atoms with Crippen molar-refractivity contribution in [3.8, 4) is 0 Å². The molecule has 2 aromatic rings. The van der Waals surface area contributed by atoms with Crippen molar-refractivity contribution in [3.05, 3.63) is 42.5 Å². The Balaban J connectivity index is 1.27. The molecule has 3 nitrogen and oxygen atoms in total. The fraction of sp³-hybridized carbons (Fsp3) is 0.643. The maximum atomic E-state index is 10.5. The van der Waals surface area contributed by atoms with E-state index in [4.69, 9.17) is 0 Å². The summed E-state index contributed by atoms with van der Waals surface area (Å²) in [5.74, 6) is 0. The van der Waals surface area contributed by atoms with Crippen LogP contribution in [0.3, 0.4) is 0 Å². The Morgan fingerprint density at radius 2 is 1.35 bits per heavy atom. The van der Waals surface area contributed by atoms with Gasteiger partial charge in [-0.3, -0.25) is 4.90 Å². The van der Waals surface area contributed by atoms with Crippen LogP contribution in [0, 0.1) is 0 Å². The number of piperazine rings is 1. The van der Waals surface area contributed by atoms with E-state index in [1.165, 1.54) is 80.7 Å². The van der Waals surface area contributed by atoms with Crippen LogP contribution in [-0.4, -0.2) is 48.8 Å². The lowest BCUT2D eigenvalue weighted by atomic mass is 10.0. The predicted octanol–water partition coefficient (Wildman–Crippen LogP) is 6.63. The van der Waals surface area contributed by atoms with Crippen LogP contribution in [0.15, 0.2) is 42.5 Å². The first-order valence-electron chi connectivity index (χ1n) is 12.9. The number of nitrogens with zero attached hydrogens (tertiary/aromatic N) is 2. The Hall–Kier alpha value is -1.58. The minimum absolute atomic E-state index is 0.168. The summed E-state index contributed by atoms with van der Waals surface area (Å²) in [4.78, 5) is 4.95. The Morgan fingerprint density at radius 1 is 0.742 bits per heavy atom. The molecular weight excluding hydrogens is 380 g/mol. The van der Waals surface area contributed by atoms with Gasteiger partial charge in [0.1, 0.15) is 0 Å². The first-order valence-corrected chi connectivity index (χ1v) is 12.9. The summed E-state index contributed by atoms with van der Waals surface area (Å²) >= 11 is 0. The SMILES string of the molecule is CCCCCCCCCCCCC(O)CN1CCN(c2cccc3ccccc23)CC1. The molecule has 1 unspecified atom stereocenters. The van der Waals surface area contributed by atoms with Gasteiger partial charge in [-0.25, -0.2) is 0 Å². The molecule has 1 aliphatic heterocycles. The van der Waals surface area contributed by atoms with Crippen LogP contribution in [0.4, 0.5) is 5.69 Å². The van der Waals surface area contributed by atoms with Crippen LogP contribution in [-0.2, 0) is 0 Å². The molecule has 0 spiro atoms. The Labute approximate surface area is 190 Å². The van der Waals surface area contributed by atoms with Gasteiger partial charge in [-0.05, 0) is 17.9 Å². The Bertz CT molecular complexity index is 733. The zero-order chi connectivity index (χ0) is 21.7. The van der Waals surface area contributed by atoms with Crippen molar-refractivity contribution in [2.45, 2.75) is 83.7 Å². The van der Waals surface area contributed by atoms with Gasteiger partial charge in [-0.2, -0.15) is 0 Å². The van der Waals surface area contributed by atoms with Gasteiger partial charge < -0.3 is 10.0 Å². The van der Waals surface area contributed by atoms with Crippen LogP contribution in [0.1, 0.15) is 77.6 Å². The number of benzene rings is 2. The van der Waals surface area contributed by atoms with Crippen molar-refractivity contribution in [1.29, 1.82) is 0 Å². The molecule has 0 aromatic heterocycles. The molecule has 0 radical (unpaired) electrons. The molecule has 31 heavy (non-hydrogen) atoms. The standard InChI is InChI=1S/C28H44N2O/c1-2-3-4-5-6-7-8-9-10-11-17-26(31)24-29-20-22-30(23-21-29)28-19-14-16-25-15-12-13-18-27(25)28/h12-16,18-19,26,31H,2-11,17,20-24H2,1H3. The van der Waals surface area contributed by atoms with Crippen LogP contribution in [0.5, 0.6) is 0 Å². The smallest absolute Gasteiger partial charge is 0.0667 e. The average molecular weight is 425 g/mol. The molecule has 0 saturated carbocycles. The molecule has 1 fully saturated rings. The van der Waals surface area contributed by atoms with Gasteiger partial charge in [0.15, 0.2) is 0 Å². The third kappa shape index (κ3) is 8.12. The van der Waals surface area contributed by atoms with E-state index in [0.29, 0.717) is 0 Å². The monoisotopic (exact) mass is 424 g/mol. The molecule has 0 amide bonds. The van der Waals surface area contributed by atoms with Gasteiger partial charge >= 0.3 is 0 Å². The van der Waals surface area contributed by atoms with Gasteiger partial charge in [0.05, 0.1) is 6.10 Å². The molecule has 2 aromatic carbocycles. The second-order valence-electron chi connectivity index (χ2n) is 9.41. The average Bonchev–Trinajstić information content (AvgIpc) is 2.80. The normalized spacial score (nSPS) is 16.1. The molecule has 1 saturated heterocycles. The van der Waals surface area contributed by atoms with Crippen LogP contribution >= 0.6 is 0 Å². The summed E-state index contributed by atoms with van der Waals surface area (Å²) in [6.07, 6.45) is 14.3. The number of anilines is 1. The topological polar surface area (TPSA) is 26.7 Å². The van der Waals surface area contributed by atoms with E-state index in [-0.39, 0.29) is 6.10 Å². The van der Waals surface area contributed by atoms with Crippen molar-refractivity contribution < 1.29 is 5.11 Å². The van der Waals surface area contributed by atoms with Gasteiger partial charge in [-0.15, -0.1) is 0 Å². The van der Waals surface area contributed by atoms with E-state index in [9.17, 15) is 5.11 Å². The zero-order valence-corrected chi connectivity index (χ0v) is 19.8. The first-order chi connectivity index (χ1) is 15.3. The maximum Gasteiger partial charge on any atom is 0.0667 e. The highest BCUT2D eigenvalue weighted by Crippen LogP contribution is 2.27. The molecule has 1 aliphatic rings. The number of hydrogen-bond donors (Lipinski definition) is 1. The van der Waals surface area contributed by atoms with Gasteiger partial charge in [0.25, 0.3) is 0 Å². The summed E-state index contributed by atoms with van der Waals surface area (Å²) in [5, 5.41) is 13.2. The van der Waals surface area contributed by atoms with Gasteiger partial charge in [0.2, 0.25) is 0 Å². The third-order valence-electron chi connectivity index (χ3n) is 6.84. The van der Waals surface area contributed by atoms with E-state index in [1.54, 1.807) is 0 Å². The fourth-order valence-electron chi connectivity index (χ4n) is 4.91. The molecule has 3 rings (SSSR count).